The molecule has 2 rings (SSSR count). The van der Waals surface area contributed by atoms with Crippen LogP contribution in [0.25, 0.3) is 0 Å². The zero-order valence-electron chi connectivity index (χ0n) is 9.34. The summed E-state index contributed by atoms with van der Waals surface area (Å²) in [4.78, 5) is 12.1. The molecule has 0 unspecified atom stereocenters. The van der Waals surface area contributed by atoms with Gasteiger partial charge in [0.25, 0.3) is 0 Å². The second-order valence-electron chi connectivity index (χ2n) is 3.54. The predicted molar refractivity (Wildman–Crippen MR) is 64.2 cm³/mol. The summed E-state index contributed by atoms with van der Waals surface area (Å²) in [6.45, 7) is 0. The Labute approximate surface area is 110 Å². The Morgan fingerprint density at radius 3 is 2.56 bits per heavy atom. The van der Waals surface area contributed by atoms with Crippen LogP contribution in [0, 0.1) is 0 Å². The summed E-state index contributed by atoms with van der Waals surface area (Å²) in [5, 5.41) is 0. The molecule has 0 radical (unpaired) electrons. The van der Waals surface area contributed by atoms with Crippen LogP contribution in [0.15, 0.2) is 21.9 Å². The van der Waals surface area contributed by atoms with Gasteiger partial charge in [-0.3, -0.25) is 0 Å². The fourth-order valence-electron chi connectivity index (χ4n) is 1.60. The number of hydrogen-bond donors (Lipinski definition) is 0. The number of halogens is 3. The van der Waals surface area contributed by atoms with Crippen molar-refractivity contribution in [2.24, 2.45) is 0 Å². The van der Waals surface area contributed by atoms with Crippen LogP contribution >= 0.6 is 23.5 Å². The van der Waals surface area contributed by atoms with Crippen LogP contribution in [0.1, 0.15) is 15.9 Å². The first-order valence-electron chi connectivity index (χ1n) is 5.02. The lowest BCUT2D eigenvalue weighted by molar-refractivity contribution is -0.140. The van der Waals surface area contributed by atoms with Gasteiger partial charge in [0.05, 0.1) is 18.2 Å². The first-order valence-corrected chi connectivity index (χ1v) is 6.99. The van der Waals surface area contributed by atoms with Gasteiger partial charge in [0.2, 0.25) is 0 Å². The minimum atomic E-state index is -4.46. The molecule has 98 valence electrons. The molecule has 1 aliphatic rings. The zero-order valence-corrected chi connectivity index (χ0v) is 11.0. The fraction of sp³-hybridized carbons (Fsp3) is 0.364. The number of thioether (sulfide) groups is 2. The number of carbonyl (C=O) groups excluding carboxylic acids is 1. The van der Waals surface area contributed by atoms with Crippen molar-refractivity contribution < 1.29 is 22.7 Å². The van der Waals surface area contributed by atoms with Gasteiger partial charge >= 0.3 is 12.1 Å². The summed E-state index contributed by atoms with van der Waals surface area (Å²) in [5.74, 6) is 0.622. The van der Waals surface area contributed by atoms with E-state index >= 15 is 0 Å². The standard InChI is InChI=1S/C11H9F3O2S2/c1-16-10(15)6-4-7(11(12,13)14)9-8(5-6)17-2-3-18-9/h4-5H,2-3H2,1H3. The van der Waals surface area contributed by atoms with Crippen LogP contribution in [0.2, 0.25) is 0 Å². The van der Waals surface area contributed by atoms with Crippen molar-refractivity contribution in [2.45, 2.75) is 16.0 Å². The van der Waals surface area contributed by atoms with Crippen LogP contribution in [0.4, 0.5) is 13.2 Å². The van der Waals surface area contributed by atoms with Gasteiger partial charge in [-0.05, 0) is 12.1 Å². The molecule has 0 aromatic heterocycles. The Hall–Kier alpha value is -0.820. The molecule has 18 heavy (non-hydrogen) atoms. The van der Waals surface area contributed by atoms with E-state index in [0.717, 1.165) is 18.9 Å². The molecular formula is C11H9F3O2S2. The summed E-state index contributed by atoms with van der Waals surface area (Å²) < 4.78 is 43.3. The Morgan fingerprint density at radius 2 is 1.94 bits per heavy atom. The lowest BCUT2D eigenvalue weighted by atomic mass is 10.1. The largest absolute Gasteiger partial charge is 0.465 e. The van der Waals surface area contributed by atoms with E-state index in [0.29, 0.717) is 10.6 Å². The number of esters is 1. The number of fused-ring (bicyclic) bond motifs is 1. The number of carbonyl (C=O) groups is 1. The van der Waals surface area contributed by atoms with Crippen molar-refractivity contribution >= 4 is 29.5 Å². The molecule has 1 aromatic rings. The van der Waals surface area contributed by atoms with Crippen LogP contribution in [-0.2, 0) is 10.9 Å². The van der Waals surface area contributed by atoms with Gasteiger partial charge in [0.1, 0.15) is 0 Å². The normalized spacial score (nSPS) is 15.1. The SMILES string of the molecule is COC(=O)c1cc2c(c(C(F)(F)F)c1)SCCS2. The molecule has 0 atom stereocenters. The Kier molecular flexibility index (Phi) is 3.82. The summed E-state index contributed by atoms with van der Waals surface area (Å²) in [5.41, 5.74) is -0.809. The third-order valence-corrected chi connectivity index (χ3v) is 4.93. The summed E-state index contributed by atoms with van der Waals surface area (Å²) in [6, 6.07) is 2.33. The monoisotopic (exact) mass is 294 g/mol. The maximum atomic E-state index is 12.9. The van der Waals surface area contributed by atoms with Gasteiger partial charge in [0.15, 0.2) is 0 Å². The number of alkyl halides is 3. The summed E-state index contributed by atoms with van der Waals surface area (Å²) in [7, 11) is 1.15. The van der Waals surface area contributed by atoms with Crippen LogP contribution in [0.5, 0.6) is 0 Å². The molecule has 0 N–H and O–H groups in total. The van der Waals surface area contributed by atoms with Crippen molar-refractivity contribution in [3.05, 3.63) is 23.3 Å². The van der Waals surface area contributed by atoms with E-state index in [1.54, 1.807) is 0 Å². The smallest absolute Gasteiger partial charge is 0.417 e. The molecule has 0 fully saturated rings. The van der Waals surface area contributed by atoms with E-state index in [1.807, 2.05) is 0 Å². The highest BCUT2D eigenvalue weighted by Gasteiger charge is 2.36. The third kappa shape index (κ3) is 2.61. The van der Waals surface area contributed by atoms with Gasteiger partial charge in [-0.25, -0.2) is 4.79 Å². The maximum absolute atomic E-state index is 12.9. The quantitative estimate of drug-likeness (QED) is 0.738. The maximum Gasteiger partial charge on any atom is 0.417 e. The summed E-state index contributed by atoms with van der Waals surface area (Å²) >= 11 is 2.51. The van der Waals surface area contributed by atoms with Gasteiger partial charge in [0, 0.05) is 21.3 Å². The number of benzene rings is 1. The second kappa shape index (κ2) is 5.05. The van der Waals surface area contributed by atoms with Gasteiger partial charge in [-0.15, -0.1) is 23.5 Å². The number of rotatable bonds is 1. The predicted octanol–water partition coefficient (Wildman–Crippen LogP) is 3.69. The molecule has 2 nitrogen and oxygen atoms in total. The second-order valence-corrected chi connectivity index (χ2v) is 5.78. The highest BCUT2D eigenvalue weighted by molar-refractivity contribution is 8.05. The average molecular weight is 294 g/mol. The molecule has 7 heteroatoms. The molecular weight excluding hydrogens is 285 g/mol. The lowest BCUT2D eigenvalue weighted by Gasteiger charge is -2.20. The zero-order chi connectivity index (χ0) is 13.3. The average Bonchev–Trinajstić information content (AvgIpc) is 2.35. The first kappa shape index (κ1) is 13.6. The van der Waals surface area contributed by atoms with Crippen molar-refractivity contribution in [1.82, 2.24) is 0 Å². The fourth-order valence-corrected chi connectivity index (χ4v) is 4.03. The highest BCUT2D eigenvalue weighted by Crippen LogP contribution is 2.45. The molecule has 1 aliphatic heterocycles. The topological polar surface area (TPSA) is 26.3 Å². The van der Waals surface area contributed by atoms with Crippen LogP contribution in [0.3, 0.4) is 0 Å². The number of hydrogen-bond acceptors (Lipinski definition) is 4. The minimum Gasteiger partial charge on any atom is -0.465 e. The molecule has 0 bridgehead atoms. The van der Waals surface area contributed by atoms with Crippen LogP contribution in [-0.4, -0.2) is 24.6 Å². The van der Waals surface area contributed by atoms with Gasteiger partial charge < -0.3 is 4.74 Å². The lowest BCUT2D eigenvalue weighted by Crippen LogP contribution is -2.13. The Bertz CT molecular complexity index is 486. The molecule has 1 heterocycles. The Balaban J connectivity index is 2.58. The van der Waals surface area contributed by atoms with Gasteiger partial charge in [-0.2, -0.15) is 13.2 Å². The van der Waals surface area contributed by atoms with Crippen molar-refractivity contribution in [3.63, 3.8) is 0 Å². The van der Waals surface area contributed by atoms with Gasteiger partial charge in [-0.1, -0.05) is 0 Å². The minimum absolute atomic E-state index is 0.0569. The molecule has 0 saturated carbocycles. The van der Waals surface area contributed by atoms with Crippen LogP contribution < -0.4 is 0 Å². The molecule has 0 aliphatic carbocycles. The van der Waals surface area contributed by atoms with Crippen molar-refractivity contribution in [3.8, 4) is 0 Å². The first-order chi connectivity index (χ1) is 8.43. The Morgan fingerprint density at radius 1 is 1.28 bits per heavy atom. The van der Waals surface area contributed by atoms with Crippen molar-refractivity contribution in [2.75, 3.05) is 18.6 Å². The van der Waals surface area contributed by atoms with E-state index in [4.69, 9.17) is 0 Å². The van der Waals surface area contributed by atoms with E-state index in [1.165, 1.54) is 29.6 Å². The van der Waals surface area contributed by atoms with E-state index in [-0.39, 0.29) is 10.5 Å². The third-order valence-electron chi connectivity index (χ3n) is 2.37. The van der Waals surface area contributed by atoms with E-state index in [2.05, 4.69) is 4.74 Å². The summed E-state index contributed by atoms with van der Waals surface area (Å²) in [6.07, 6.45) is -4.46. The molecule has 0 amide bonds. The number of ether oxygens (including phenoxy) is 1. The number of methoxy groups -OCH3 is 1. The molecule has 1 aromatic carbocycles. The van der Waals surface area contributed by atoms with Crippen molar-refractivity contribution in [1.29, 1.82) is 0 Å². The highest BCUT2D eigenvalue weighted by atomic mass is 32.2. The molecule has 0 spiro atoms. The molecule has 0 saturated heterocycles. The van der Waals surface area contributed by atoms with E-state index < -0.39 is 17.7 Å². The van der Waals surface area contributed by atoms with E-state index in [9.17, 15) is 18.0 Å².